The van der Waals surface area contributed by atoms with E-state index in [1.54, 1.807) is 6.07 Å². The van der Waals surface area contributed by atoms with Gasteiger partial charge < -0.3 is 14.6 Å². The van der Waals surface area contributed by atoms with Crippen LogP contribution in [0, 0.1) is 0 Å². The molecule has 6 heteroatoms. The molecule has 0 aliphatic heterocycles. The lowest BCUT2D eigenvalue weighted by atomic mass is 9.90. The van der Waals surface area contributed by atoms with Crippen LogP contribution in [0.1, 0.15) is 36.8 Å². The van der Waals surface area contributed by atoms with Crippen molar-refractivity contribution in [3.8, 4) is 11.5 Å². The molecule has 1 N–H and O–H groups in total. The molecule has 20 heavy (non-hydrogen) atoms. The Morgan fingerprint density at radius 1 is 1.35 bits per heavy atom. The molecule has 1 aliphatic rings. The highest BCUT2D eigenvalue weighted by atomic mass is 19.3. The molecule has 1 aliphatic carbocycles. The Labute approximate surface area is 115 Å². The molecule has 2 rings (SSSR count). The Kier molecular flexibility index (Phi) is 3.83. The molecule has 0 heterocycles. The molecule has 4 nitrogen and oxygen atoms in total. The van der Waals surface area contributed by atoms with Crippen LogP contribution < -0.4 is 9.47 Å². The number of carbonyl (C=O) groups is 1. The van der Waals surface area contributed by atoms with E-state index in [1.807, 2.05) is 0 Å². The number of hydrogen-bond acceptors (Lipinski definition) is 3. The van der Waals surface area contributed by atoms with E-state index < -0.39 is 17.8 Å². The third kappa shape index (κ3) is 2.55. The van der Waals surface area contributed by atoms with Gasteiger partial charge in [0.05, 0.1) is 26.2 Å². The van der Waals surface area contributed by atoms with Gasteiger partial charge in [-0.3, -0.25) is 4.79 Å². The zero-order valence-corrected chi connectivity index (χ0v) is 11.3. The molecule has 1 fully saturated rings. The average Bonchev–Trinajstić information content (AvgIpc) is 3.16. The number of rotatable bonds is 6. The van der Waals surface area contributed by atoms with Gasteiger partial charge in [-0.05, 0) is 30.5 Å². The molecule has 1 aromatic carbocycles. The normalized spacial score (nSPS) is 16.1. The fourth-order valence-corrected chi connectivity index (χ4v) is 2.47. The van der Waals surface area contributed by atoms with E-state index in [2.05, 4.69) is 0 Å². The summed E-state index contributed by atoms with van der Waals surface area (Å²) in [7, 11) is 2.67. The number of carboxylic acids is 1. The molecule has 0 bridgehead atoms. The van der Waals surface area contributed by atoms with Crippen molar-refractivity contribution in [3.05, 3.63) is 23.3 Å². The molecule has 0 radical (unpaired) electrons. The third-order valence-electron chi connectivity index (χ3n) is 3.70. The fraction of sp³-hybridized carbons (Fsp3) is 0.500. The minimum absolute atomic E-state index is 0.00243. The monoisotopic (exact) mass is 286 g/mol. The summed E-state index contributed by atoms with van der Waals surface area (Å²) in [6.45, 7) is 0. The Balaban J connectivity index is 2.50. The molecule has 0 aromatic heterocycles. The summed E-state index contributed by atoms with van der Waals surface area (Å²) in [6, 6.07) is 2.93. The second-order valence-electron chi connectivity index (χ2n) is 4.95. The van der Waals surface area contributed by atoms with E-state index in [0.717, 1.165) is 0 Å². The summed E-state index contributed by atoms with van der Waals surface area (Å²) in [5.74, 6) is -0.731. The second-order valence-corrected chi connectivity index (χ2v) is 4.95. The van der Waals surface area contributed by atoms with Gasteiger partial charge in [0.1, 0.15) is 0 Å². The summed E-state index contributed by atoms with van der Waals surface area (Å²) in [6.07, 6.45) is -1.42. The first-order chi connectivity index (χ1) is 9.43. The van der Waals surface area contributed by atoms with Crippen molar-refractivity contribution in [2.24, 2.45) is 0 Å². The standard InChI is InChI=1S/C14H16F2O4/c1-19-10-6-8(14(3-4-14)7-11(17)18)5-9(13(15)16)12(10)20-2/h5-6,13H,3-4,7H2,1-2H3,(H,17,18). The molecule has 1 aromatic rings. The Bertz CT molecular complexity index is 524. The highest BCUT2D eigenvalue weighted by Crippen LogP contribution is 2.53. The minimum atomic E-state index is -2.71. The van der Waals surface area contributed by atoms with Crippen LogP contribution in [0.2, 0.25) is 0 Å². The van der Waals surface area contributed by atoms with Crippen molar-refractivity contribution < 1.29 is 28.2 Å². The van der Waals surface area contributed by atoms with Crippen molar-refractivity contribution in [3.63, 3.8) is 0 Å². The molecular formula is C14H16F2O4. The van der Waals surface area contributed by atoms with Gasteiger partial charge in [0, 0.05) is 5.41 Å². The Morgan fingerprint density at radius 2 is 2.00 bits per heavy atom. The lowest BCUT2D eigenvalue weighted by Gasteiger charge is -2.19. The van der Waals surface area contributed by atoms with Crippen LogP contribution in [0.15, 0.2) is 12.1 Å². The van der Waals surface area contributed by atoms with Crippen molar-refractivity contribution >= 4 is 5.97 Å². The molecular weight excluding hydrogens is 270 g/mol. The maximum Gasteiger partial charge on any atom is 0.304 e. The largest absolute Gasteiger partial charge is 0.493 e. The first-order valence-corrected chi connectivity index (χ1v) is 6.20. The van der Waals surface area contributed by atoms with Gasteiger partial charge in [-0.25, -0.2) is 8.78 Å². The predicted molar refractivity (Wildman–Crippen MR) is 67.7 cm³/mol. The third-order valence-corrected chi connectivity index (χ3v) is 3.70. The van der Waals surface area contributed by atoms with Gasteiger partial charge >= 0.3 is 5.97 Å². The molecule has 0 spiro atoms. The van der Waals surface area contributed by atoms with E-state index in [4.69, 9.17) is 14.6 Å². The number of halogens is 2. The quantitative estimate of drug-likeness (QED) is 0.872. The number of aliphatic carboxylic acids is 1. The fourth-order valence-electron chi connectivity index (χ4n) is 2.47. The van der Waals surface area contributed by atoms with E-state index >= 15 is 0 Å². The zero-order valence-electron chi connectivity index (χ0n) is 11.3. The topological polar surface area (TPSA) is 55.8 Å². The molecule has 0 saturated heterocycles. The number of carboxylic acid groups (broad SMARTS) is 1. The average molecular weight is 286 g/mol. The van der Waals surface area contributed by atoms with Crippen LogP contribution in [0.25, 0.3) is 0 Å². The smallest absolute Gasteiger partial charge is 0.304 e. The summed E-state index contributed by atoms with van der Waals surface area (Å²) in [5.41, 5.74) is -0.235. The van der Waals surface area contributed by atoms with Crippen LogP contribution in [-0.2, 0) is 10.2 Å². The van der Waals surface area contributed by atoms with E-state index in [9.17, 15) is 13.6 Å². The van der Waals surface area contributed by atoms with Crippen molar-refractivity contribution in [2.45, 2.75) is 31.1 Å². The van der Waals surface area contributed by atoms with Gasteiger partial charge in [-0.15, -0.1) is 0 Å². The minimum Gasteiger partial charge on any atom is -0.493 e. The van der Waals surface area contributed by atoms with Crippen molar-refractivity contribution in [1.29, 1.82) is 0 Å². The lowest BCUT2D eigenvalue weighted by Crippen LogP contribution is -2.14. The molecule has 0 amide bonds. The molecule has 110 valence electrons. The summed E-state index contributed by atoms with van der Waals surface area (Å²) in [5, 5.41) is 8.95. The molecule has 0 unspecified atom stereocenters. The number of methoxy groups -OCH3 is 2. The SMILES string of the molecule is COc1cc(C2(CC(=O)O)CC2)cc(C(F)F)c1OC. The zero-order chi connectivity index (χ0) is 14.9. The first kappa shape index (κ1) is 14.6. The van der Waals surface area contributed by atoms with Crippen molar-refractivity contribution in [1.82, 2.24) is 0 Å². The number of ether oxygens (including phenoxy) is 2. The first-order valence-electron chi connectivity index (χ1n) is 6.20. The number of hydrogen-bond donors (Lipinski definition) is 1. The van der Waals surface area contributed by atoms with Crippen molar-refractivity contribution in [2.75, 3.05) is 14.2 Å². The molecule has 1 saturated carbocycles. The van der Waals surface area contributed by atoms with Crippen LogP contribution in [0.3, 0.4) is 0 Å². The van der Waals surface area contributed by atoms with Gasteiger partial charge in [0.25, 0.3) is 6.43 Å². The van der Waals surface area contributed by atoms with E-state index in [0.29, 0.717) is 18.4 Å². The highest BCUT2D eigenvalue weighted by molar-refractivity contribution is 5.70. The highest BCUT2D eigenvalue weighted by Gasteiger charge is 2.47. The van der Waals surface area contributed by atoms with E-state index in [1.165, 1.54) is 20.3 Å². The number of benzene rings is 1. The van der Waals surface area contributed by atoms with Gasteiger partial charge in [-0.2, -0.15) is 0 Å². The van der Waals surface area contributed by atoms with E-state index in [-0.39, 0.29) is 23.5 Å². The Morgan fingerprint density at radius 3 is 2.40 bits per heavy atom. The maximum atomic E-state index is 13.1. The molecule has 0 atom stereocenters. The van der Waals surface area contributed by atoms with Gasteiger partial charge in [-0.1, -0.05) is 0 Å². The van der Waals surface area contributed by atoms with Crippen LogP contribution in [0.5, 0.6) is 11.5 Å². The maximum absolute atomic E-state index is 13.1. The van der Waals surface area contributed by atoms with Gasteiger partial charge in [0.2, 0.25) is 0 Å². The Hall–Kier alpha value is -1.85. The summed E-state index contributed by atoms with van der Waals surface area (Å²) in [4.78, 5) is 10.9. The van der Waals surface area contributed by atoms with Crippen LogP contribution in [0.4, 0.5) is 8.78 Å². The lowest BCUT2D eigenvalue weighted by molar-refractivity contribution is -0.137. The number of alkyl halides is 2. The van der Waals surface area contributed by atoms with Crippen LogP contribution in [-0.4, -0.2) is 25.3 Å². The second kappa shape index (κ2) is 5.26. The summed E-state index contributed by atoms with van der Waals surface area (Å²) < 4.78 is 36.3. The summed E-state index contributed by atoms with van der Waals surface area (Å²) >= 11 is 0. The van der Waals surface area contributed by atoms with Crippen LogP contribution >= 0.6 is 0 Å². The predicted octanol–water partition coefficient (Wildman–Crippen LogP) is 3.15. The van der Waals surface area contributed by atoms with Gasteiger partial charge in [0.15, 0.2) is 11.5 Å².